The molecule has 0 unspecified atom stereocenters. The van der Waals surface area contributed by atoms with Gasteiger partial charge in [0.1, 0.15) is 0 Å². The molecule has 0 radical (unpaired) electrons. The summed E-state index contributed by atoms with van der Waals surface area (Å²) in [6, 6.07) is 19.4. The number of aromatic nitrogens is 2. The van der Waals surface area contributed by atoms with Crippen molar-refractivity contribution < 1.29 is 19.0 Å². The first-order chi connectivity index (χ1) is 20.5. The zero-order valence-electron chi connectivity index (χ0n) is 23.8. The lowest BCUT2D eigenvalue weighted by atomic mass is 10.1. The Morgan fingerprint density at radius 1 is 0.976 bits per heavy atom. The third-order valence-corrected chi connectivity index (χ3v) is 8.95. The molecule has 9 nitrogen and oxygen atoms in total. The average molecular weight is 587 g/mol. The Balaban J connectivity index is 1.35. The predicted octanol–water partition coefficient (Wildman–Crippen LogP) is 5.08. The normalized spacial score (nSPS) is 15.1. The highest BCUT2D eigenvalue weighted by Crippen LogP contribution is 2.33. The molecule has 0 spiro atoms. The fraction of sp³-hybridized carbons (Fsp3) is 0.344. The number of ether oxygens (including phenoxy) is 3. The minimum atomic E-state index is -0.448. The fourth-order valence-electron chi connectivity index (χ4n) is 5.15. The van der Waals surface area contributed by atoms with Crippen LogP contribution in [-0.4, -0.2) is 53.8 Å². The van der Waals surface area contributed by atoms with Gasteiger partial charge in [-0.25, -0.2) is 4.98 Å². The summed E-state index contributed by atoms with van der Waals surface area (Å²) in [5.41, 5.74) is 4.25. The van der Waals surface area contributed by atoms with Crippen molar-refractivity contribution in [2.45, 2.75) is 43.6 Å². The lowest BCUT2D eigenvalue weighted by molar-refractivity contribution is -0.115. The molecule has 1 aromatic heterocycles. The lowest BCUT2D eigenvalue weighted by Crippen LogP contribution is -2.36. The zero-order chi connectivity index (χ0) is 29.1. The standard InChI is InChI=1S/C32H34N4O5S/c1-3-21-5-8-23(9-6-21)33-30(37)29(4-2)42-32-34-26-11-10-24(35-13-15-39-16-14-35)18-25(26)31(38)36(32)19-22-7-12-27-28(17-22)41-20-40-27/h5-12,17-18,29H,3-4,13-16,19-20H2,1-2H3,(H,33,37)/t29-/m0/s1. The Kier molecular flexibility index (Phi) is 8.34. The molecule has 3 aromatic carbocycles. The summed E-state index contributed by atoms with van der Waals surface area (Å²) in [5, 5.41) is 3.62. The van der Waals surface area contributed by atoms with Crippen molar-refractivity contribution in [3.05, 3.63) is 82.1 Å². The summed E-state index contributed by atoms with van der Waals surface area (Å²) in [7, 11) is 0. The van der Waals surface area contributed by atoms with E-state index in [1.54, 1.807) is 4.57 Å². The molecule has 6 rings (SSSR count). The van der Waals surface area contributed by atoms with Crippen LogP contribution >= 0.6 is 11.8 Å². The Bertz CT molecular complexity index is 1650. The second-order valence-electron chi connectivity index (χ2n) is 10.3. The highest BCUT2D eigenvalue weighted by Gasteiger charge is 2.24. The minimum Gasteiger partial charge on any atom is -0.454 e. The number of anilines is 2. The van der Waals surface area contributed by atoms with Gasteiger partial charge in [-0.1, -0.05) is 43.8 Å². The van der Waals surface area contributed by atoms with E-state index in [-0.39, 0.29) is 24.8 Å². The van der Waals surface area contributed by atoms with Gasteiger partial charge < -0.3 is 24.4 Å². The molecule has 1 atom stereocenters. The van der Waals surface area contributed by atoms with E-state index in [0.29, 0.717) is 47.2 Å². The molecular weight excluding hydrogens is 552 g/mol. The Labute approximate surface area is 248 Å². The Morgan fingerprint density at radius 3 is 2.50 bits per heavy atom. The van der Waals surface area contributed by atoms with E-state index < -0.39 is 5.25 Å². The third kappa shape index (κ3) is 5.96. The maximum Gasteiger partial charge on any atom is 0.262 e. The van der Waals surface area contributed by atoms with E-state index in [2.05, 4.69) is 17.1 Å². The molecule has 42 heavy (non-hydrogen) atoms. The number of benzene rings is 3. The molecule has 1 fully saturated rings. The van der Waals surface area contributed by atoms with Crippen LogP contribution in [0.5, 0.6) is 11.5 Å². The molecule has 0 saturated carbocycles. The molecule has 1 amide bonds. The van der Waals surface area contributed by atoms with Crippen molar-refractivity contribution in [2.75, 3.05) is 43.3 Å². The zero-order valence-corrected chi connectivity index (χ0v) is 24.6. The van der Waals surface area contributed by atoms with E-state index in [4.69, 9.17) is 19.2 Å². The molecule has 10 heteroatoms. The van der Waals surface area contributed by atoms with E-state index in [1.807, 2.05) is 67.6 Å². The van der Waals surface area contributed by atoms with Crippen LogP contribution in [-0.2, 0) is 22.5 Å². The van der Waals surface area contributed by atoms with E-state index in [0.717, 1.165) is 36.4 Å². The van der Waals surface area contributed by atoms with Gasteiger partial charge in [0.2, 0.25) is 12.7 Å². The van der Waals surface area contributed by atoms with Gasteiger partial charge >= 0.3 is 0 Å². The van der Waals surface area contributed by atoms with E-state index in [9.17, 15) is 9.59 Å². The van der Waals surface area contributed by atoms with E-state index >= 15 is 0 Å². The number of fused-ring (bicyclic) bond motifs is 2. The summed E-state index contributed by atoms with van der Waals surface area (Å²) in [6.07, 6.45) is 1.50. The quantitative estimate of drug-likeness (QED) is 0.214. The van der Waals surface area contributed by atoms with Crippen LogP contribution in [0.3, 0.4) is 0 Å². The summed E-state index contributed by atoms with van der Waals surface area (Å²) < 4.78 is 18.2. The number of nitrogens with one attached hydrogen (secondary N) is 1. The van der Waals surface area contributed by atoms with Gasteiger partial charge in [0.25, 0.3) is 5.56 Å². The second-order valence-corrected chi connectivity index (χ2v) is 11.5. The summed E-state index contributed by atoms with van der Waals surface area (Å²) >= 11 is 1.31. The number of carbonyl (C=O) groups is 1. The molecule has 3 heterocycles. The first kappa shape index (κ1) is 28.1. The van der Waals surface area contributed by atoms with Crippen molar-refractivity contribution in [1.82, 2.24) is 9.55 Å². The monoisotopic (exact) mass is 586 g/mol. The number of hydrogen-bond acceptors (Lipinski definition) is 8. The van der Waals surface area contributed by atoms with Gasteiger partial charge in [0.15, 0.2) is 16.7 Å². The van der Waals surface area contributed by atoms with Gasteiger partial charge in [-0.2, -0.15) is 0 Å². The SMILES string of the molecule is CCc1ccc(NC(=O)[C@H](CC)Sc2nc3ccc(N4CCOCC4)cc3c(=O)n2Cc2ccc3c(c2)OCO3)cc1. The van der Waals surface area contributed by atoms with Gasteiger partial charge in [-0.05, 0) is 66.4 Å². The van der Waals surface area contributed by atoms with Crippen LogP contribution in [0.2, 0.25) is 0 Å². The maximum absolute atomic E-state index is 14.1. The van der Waals surface area contributed by atoms with Crippen LogP contribution < -0.4 is 25.2 Å². The Morgan fingerprint density at radius 2 is 1.74 bits per heavy atom. The molecule has 2 aliphatic heterocycles. The summed E-state index contributed by atoms with van der Waals surface area (Å²) in [4.78, 5) is 34.7. The molecule has 1 saturated heterocycles. The minimum absolute atomic E-state index is 0.126. The molecule has 1 N–H and O–H groups in total. The average Bonchev–Trinajstić information content (AvgIpc) is 3.50. The van der Waals surface area contributed by atoms with Gasteiger partial charge in [0.05, 0.1) is 35.9 Å². The smallest absolute Gasteiger partial charge is 0.262 e. The van der Waals surface area contributed by atoms with E-state index in [1.165, 1.54) is 17.3 Å². The molecular formula is C32H34N4O5S. The van der Waals surface area contributed by atoms with Gasteiger partial charge in [-0.3, -0.25) is 14.2 Å². The number of morpholine rings is 1. The number of hydrogen-bond donors (Lipinski definition) is 1. The topological polar surface area (TPSA) is 94.9 Å². The number of nitrogens with zero attached hydrogens (tertiary/aromatic N) is 3. The maximum atomic E-state index is 14.1. The summed E-state index contributed by atoms with van der Waals surface area (Å²) in [5.74, 6) is 1.21. The van der Waals surface area contributed by atoms with Gasteiger partial charge in [-0.15, -0.1) is 0 Å². The molecule has 0 bridgehead atoms. The van der Waals surface area contributed by atoms with Crippen LogP contribution in [0.25, 0.3) is 10.9 Å². The van der Waals surface area contributed by atoms with Crippen molar-refractivity contribution >= 4 is 39.9 Å². The molecule has 0 aliphatic carbocycles. The van der Waals surface area contributed by atoms with Crippen LogP contribution in [0.15, 0.2) is 70.6 Å². The molecule has 218 valence electrons. The number of rotatable bonds is 9. The number of thioether (sulfide) groups is 1. The van der Waals surface area contributed by atoms with Crippen LogP contribution in [0.1, 0.15) is 31.4 Å². The highest BCUT2D eigenvalue weighted by molar-refractivity contribution is 8.00. The predicted molar refractivity (Wildman–Crippen MR) is 165 cm³/mol. The highest BCUT2D eigenvalue weighted by atomic mass is 32.2. The van der Waals surface area contributed by atoms with Gasteiger partial charge in [0, 0.05) is 24.5 Å². The van der Waals surface area contributed by atoms with Crippen molar-refractivity contribution in [2.24, 2.45) is 0 Å². The Hall–Kier alpha value is -4.02. The summed E-state index contributed by atoms with van der Waals surface area (Å²) in [6.45, 7) is 7.37. The van der Waals surface area contributed by atoms with Crippen molar-refractivity contribution in [1.29, 1.82) is 0 Å². The first-order valence-corrected chi connectivity index (χ1v) is 15.2. The number of aryl methyl sites for hydroxylation is 1. The number of amides is 1. The van der Waals surface area contributed by atoms with Crippen LogP contribution in [0, 0.1) is 0 Å². The molecule has 4 aromatic rings. The first-order valence-electron chi connectivity index (χ1n) is 14.3. The largest absolute Gasteiger partial charge is 0.454 e. The van der Waals surface area contributed by atoms with Crippen molar-refractivity contribution in [3.8, 4) is 11.5 Å². The van der Waals surface area contributed by atoms with Crippen molar-refractivity contribution in [3.63, 3.8) is 0 Å². The third-order valence-electron chi connectivity index (χ3n) is 7.60. The van der Waals surface area contributed by atoms with Crippen LogP contribution in [0.4, 0.5) is 11.4 Å². The second kappa shape index (κ2) is 12.5. The lowest BCUT2D eigenvalue weighted by Gasteiger charge is -2.29. The number of carbonyl (C=O) groups excluding carboxylic acids is 1. The fourth-order valence-corrected chi connectivity index (χ4v) is 6.17. The molecule has 2 aliphatic rings.